The van der Waals surface area contributed by atoms with Gasteiger partial charge in [-0.1, -0.05) is 245 Å². The summed E-state index contributed by atoms with van der Waals surface area (Å²) in [6.45, 7) is 14.4. The van der Waals surface area contributed by atoms with Gasteiger partial charge in [0.15, 0.2) is 0 Å². The van der Waals surface area contributed by atoms with Gasteiger partial charge in [-0.25, -0.2) is 0 Å². The molecule has 0 rings (SSSR count). The molecule has 0 aliphatic heterocycles. The average molecular weight is 585 g/mol. The molecule has 0 aliphatic rings. The summed E-state index contributed by atoms with van der Waals surface area (Å²) in [6, 6.07) is 0. The van der Waals surface area contributed by atoms with Crippen molar-refractivity contribution in [3.8, 4) is 0 Å². The third kappa shape index (κ3) is 28.9. The summed E-state index contributed by atoms with van der Waals surface area (Å²) in [5.41, 5.74) is 0.985. The zero-order valence-electron chi connectivity index (χ0n) is 30.9. The first-order valence-electron chi connectivity index (χ1n) is 20.6. The summed E-state index contributed by atoms with van der Waals surface area (Å²) in [5.74, 6) is 2.93. The van der Waals surface area contributed by atoms with Crippen molar-refractivity contribution in [2.45, 2.75) is 251 Å². The van der Waals surface area contributed by atoms with Crippen molar-refractivity contribution < 1.29 is 0 Å². The highest BCUT2D eigenvalue weighted by atomic mass is 14.1. The molecule has 0 radical (unpaired) electrons. The molecule has 0 amide bonds. The minimum atomic E-state index is 0.927. The lowest BCUT2D eigenvalue weighted by molar-refractivity contribution is 0.536. The monoisotopic (exact) mass is 585 g/mol. The second kappa shape index (κ2) is 34.1. The van der Waals surface area contributed by atoms with Gasteiger partial charge in [0.05, 0.1) is 0 Å². The molecule has 0 aromatic rings. The van der Waals surface area contributed by atoms with E-state index in [1.807, 2.05) is 0 Å². The van der Waals surface area contributed by atoms with Crippen LogP contribution in [-0.4, -0.2) is 21.8 Å². The molecule has 0 nitrogen and oxygen atoms in total. The summed E-state index contributed by atoms with van der Waals surface area (Å²) in [6.07, 6.45) is 42.4. The maximum Gasteiger partial charge on any atom is 0.112 e. The van der Waals surface area contributed by atoms with Crippen molar-refractivity contribution in [3.63, 3.8) is 0 Å². The predicted molar refractivity (Wildman–Crippen MR) is 204 cm³/mol. The first-order valence-corrected chi connectivity index (χ1v) is 20.6. The highest BCUT2D eigenvalue weighted by molar-refractivity contribution is 6.77. The normalized spacial score (nSPS) is 12.5. The average Bonchev–Trinajstić information content (AvgIpc) is 2.98. The van der Waals surface area contributed by atoms with Gasteiger partial charge in [0.2, 0.25) is 0 Å². The van der Waals surface area contributed by atoms with Crippen LogP contribution in [-0.2, 0) is 0 Å². The van der Waals surface area contributed by atoms with E-state index in [0.717, 1.165) is 23.1 Å². The third-order valence-electron chi connectivity index (χ3n) is 10.5. The topological polar surface area (TPSA) is 0 Å². The third-order valence-corrected chi connectivity index (χ3v) is 10.5. The molecule has 0 saturated heterocycles. The van der Waals surface area contributed by atoms with Crippen molar-refractivity contribution in [2.75, 3.05) is 0 Å². The number of rotatable bonds is 35. The van der Waals surface area contributed by atoms with Crippen molar-refractivity contribution in [1.29, 1.82) is 0 Å². The molecule has 42 heavy (non-hydrogen) atoms. The number of unbranched alkanes of at least 4 members (excludes halogenated alkanes) is 19. The SMILES string of the molecule is CCCCCCCC(BC(BC(C)CCCCCC)BC(CCCCCCC)CCCCCCC)CCCCCCC. The second-order valence-electron chi connectivity index (χ2n) is 15.1. The van der Waals surface area contributed by atoms with Crippen LogP contribution in [0.3, 0.4) is 0 Å². The van der Waals surface area contributed by atoms with E-state index in [1.54, 1.807) is 14.6 Å². The molecule has 0 heterocycles. The Balaban J connectivity index is 5.38. The van der Waals surface area contributed by atoms with E-state index in [0.29, 0.717) is 0 Å². The molecule has 0 saturated carbocycles. The van der Waals surface area contributed by atoms with Gasteiger partial charge in [0.25, 0.3) is 0 Å². The van der Waals surface area contributed by atoms with E-state index < -0.39 is 0 Å². The van der Waals surface area contributed by atoms with Crippen LogP contribution in [0, 0.1) is 0 Å². The molecule has 1 unspecified atom stereocenters. The Morgan fingerprint density at radius 3 is 0.881 bits per heavy atom. The Bertz CT molecular complexity index is 434. The van der Waals surface area contributed by atoms with Crippen LogP contribution in [0.5, 0.6) is 0 Å². The lowest BCUT2D eigenvalue weighted by Gasteiger charge is -2.27. The summed E-state index contributed by atoms with van der Waals surface area (Å²) < 4.78 is 0. The van der Waals surface area contributed by atoms with Crippen molar-refractivity contribution >= 4 is 21.8 Å². The quantitative estimate of drug-likeness (QED) is 0.0514. The van der Waals surface area contributed by atoms with Gasteiger partial charge in [-0.3, -0.25) is 0 Å². The van der Waals surface area contributed by atoms with Gasteiger partial charge >= 0.3 is 0 Å². The fourth-order valence-electron chi connectivity index (χ4n) is 7.74. The largest absolute Gasteiger partial charge is 0.113 e. The molecule has 0 aliphatic carbocycles. The summed E-state index contributed by atoms with van der Waals surface area (Å²) in [5, 5.41) is 0. The van der Waals surface area contributed by atoms with Crippen molar-refractivity contribution in [1.82, 2.24) is 0 Å². The Hall–Kier alpha value is 0.195. The van der Waals surface area contributed by atoms with Crippen LogP contribution in [0.15, 0.2) is 0 Å². The lowest BCUT2D eigenvalue weighted by Crippen LogP contribution is -2.27. The van der Waals surface area contributed by atoms with E-state index in [9.17, 15) is 0 Å². The Morgan fingerprint density at radius 2 is 0.571 bits per heavy atom. The van der Waals surface area contributed by atoms with Crippen LogP contribution in [0.25, 0.3) is 0 Å². The highest BCUT2D eigenvalue weighted by Crippen LogP contribution is 2.33. The van der Waals surface area contributed by atoms with E-state index in [4.69, 9.17) is 0 Å². The van der Waals surface area contributed by atoms with Gasteiger partial charge in [-0.05, 0) is 0 Å². The van der Waals surface area contributed by atoms with Gasteiger partial charge in [0.1, 0.15) is 21.8 Å². The van der Waals surface area contributed by atoms with Crippen LogP contribution in [0.1, 0.15) is 228 Å². The summed E-state index contributed by atoms with van der Waals surface area (Å²) >= 11 is 0. The van der Waals surface area contributed by atoms with Gasteiger partial charge in [-0.15, -0.1) is 5.62 Å². The first-order chi connectivity index (χ1) is 20.6. The van der Waals surface area contributed by atoms with E-state index >= 15 is 0 Å². The maximum atomic E-state index is 2.62. The molecular formula is C39H83B3. The minimum Gasteiger partial charge on any atom is -0.113 e. The first kappa shape index (κ1) is 42.2. The van der Waals surface area contributed by atoms with Gasteiger partial charge in [-0.2, -0.15) is 0 Å². The second-order valence-corrected chi connectivity index (χ2v) is 15.1. The van der Waals surface area contributed by atoms with Crippen LogP contribution >= 0.6 is 0 Å². The van der Waals surface area contributed by atoms with Gasteiger partial charge in [0, 0.05) is 0 Å². The number of hydrogen-bond donors (Lipinski definition) is 0. The minimum absolute atomic E-state index is 0.927. The predicted octanol–water partition coefficient (Wildman–Crippen LogP) is 13.8. The number of hydrogen-bond acceptors (Lipinski definition) is 0. The van der Waals surface area contributed by atoms with Crippen molar-refractivity contribution in [3.05, 3.63) is 0 Å². The maximum absolute atomic E-state index is 2.62. The smallest absolute Gasteiger partial charge is 0.112 e. The Kier molecular flexibility index (Phi) is 34.2. The molecule has 1 atom stereocenters. The van der Waals surface area contributed by atoms with Crippen molar-refractivity contribution in [2.24, 2.45) is 0 Å². The van der Waals surface area contributed by atoms with Crippen LogP contribution < -0.4 is 0 Å². The molecule has 0 bridgehead atoms. The molecular weight excluding hydrogens is 501 g/mol. The standard InChI is InChI=1S/C39H83B3/c1-7-12-17-22-27-32-37(33-28-23-18-13-8-2)41-39(40-36(6)31-26-21-16-11-5)42-38(34-29-24-19-14-9-3)35-30-25-20-15-10-4/h36-42H,7-35H2,1-6H3. The molecule has 0 fully saturated rings. The Morgan fingerprint density at radius 1 is 0.310 bits per heavy atom. The zero-order valence-corrected chi connectivity index (χ0v) is 30.9. The Labute approximate surface area is 272 Å². The fraction of sp³-hybridized carbons (Fsp3) is 1.00. The fourth-order valence-corrected chi connectivity index (χ4v) is 7.74. The molecule has 3 heteroatoms. The van der Waals surface area contributed by atoms with E-state index in [2.05, 4.69) is 41.5 Å². The molecule has 0 aromatic heterocycles. The van der Waals surface area contributed by atoms with Crippen LogP contribution in [0.2, 0.25) is 23.1 Å². The molecule has 0 N–H and O–H groups in total. The van der Waals surface area contributed by atoms with Gasteiger partial charge < -0.3 is 0 Å². The highest BCUT2D eigenvalue weighted by Gasteiger charge is 2.25. The van der Waals surface area contributed by atoms with E-state index in [-0.39, 0.29) is 0 Å². The summed E-state index contributed by atoms with van der Waals surface area (Å²) in [4.78, 5) is 0. The van der Waals surface area contributed by atoms with Crippen LogP contribution in [0.4, 0.5) is 0 Å². The molecule has 0 aromatic carbocycles. The molecule has 0 spiro atoms. The lowest BCUT2D eigenvalue weighted by atomic mass is 9.23. The zero-order chi connectivity index (χ0) is 30.9. The van der Waals surface area contributed by atoms with E-state index in [1.165, 1.54) is 193 Å². The summed E-state index contributed by atoms with van der Waals surface area (Å²) in [7, 11) is 4.64. The molecule has 248 valence electrons.